The van der Waals surface area contributed by atoms with E-state index >= 15 is 0 Å². The number of amides is 1. The minimum atomic E-state index is -0.289. The Bertz CT molecular complexity index is 1020. The van der Waals surface area contributed by atoms with Crippen LogP contribution in [-0.2, 0) is 16.0 Å². The van der Waals surface area contributed by atoms with Crippen molar-refractivity contribution in [2.75, 3.05) is 44.3 Å². The highest BCUT2D eigenvalue weighted by atomic mass is 32.1. The maximum Gasteiger partial charge on any atom is 0.233 e. The third-order valence-electron chi connectivity index (χ3n) is 5.27. The number of rotatable bonds is 7. The normalized spacial score (nSPS) is 14.9. The van der Waals surface area contributed by atoms with Crippen LogP contribution in [0.25, 0.3) is 10.2 Å². The number of nitrogens with zero attached hydrogens (tertiary/aromatic N) is 3. The minimum Gasteiger partial charge on any atom is -0.379 e. The molecule has 1 amide bonds. The number of anilines is 1. The molecule has 2 heterocycles. The molecule has 0 radical (unpaired) electrons. The molecule has 1 fully saturated rings. The number of benzene rings is 2. The molecule has 5 nitrogen and oxygen atoms in total. The summed E-state index contributed by atoms with van der Waals surface area (Å²) in [5, 5.41) is 0.634. The van der Waals surface area contributed by atoms with Crippen molar-refractivity contribution >= 4 is 32.6 Å². The maximum atomic E-state index is 13.6. The molecule has 2 aromatic carbocycles. The minimum absolute atomic E-state index is 0.0158. The maximum absolute atomic E-state index is 13.6. The van der Waals surface area contributed by atoms with E-state index in [1.165, 1.54) is 23.5 Å². The van der Waals surface area contributed by atoms with Gasteiger partial charge in [-0.3, -0.25) is 14.6 Å². The van der Waals surface area contributed by atoms with Gasteiger partial charge in [-0.2, -0.15) is 0 Å². The van der Waals surface area contributed by atoms with Crippen LogP contribution < -0.4 is 4.90 Å². The summed E-state index contributed by atoms with van der Waals surface area (Å²) in [6.45, 7) is 6.91. The predicted octanol–water partition coefficient (Wildman–Crippen LogP) is 4.04. The molecule has 0 bridgehead atoms. The quantitative estimate of drug-likeness (QED) is 0.571. The summed E-state index contributed by atoms with van der Waals surface area (Å²) in [6, 6.07) is 12.6. The van der Waals surface area contributed by atoms with Gasteiger partial charge in [-0.15, -0.1) is 0 Å². The van der Waals surface area contributed by atoms with Gasteiger partial charge in [0.1, 0.15) is 5.82 Å². The zero-order chi connectivity index (χ0) is 20.9. The molecule has 0 aliphatic carbocycles. The van der Waals surface area contributed by atoms with E-state index in [4.69, 9.17) is 4.74 Å². The van der Waals surface area contributed by atoms with Crippen molar-refractivity contribution in [3.05, 3.63) is 59.4 Å². The van der Waals surface area contributed by atoms with E-state index < -0.39 is 0 Å². The Morgan fingerprint density at radius 1 is 1.23 bits per heavy atom. The molecule has 3 aromatic rings. The predicted molar refractivity (Wildman–Crippen MR) is 119 cm³/mol. The van der Waals surface area contributed by atoms with Crippen LogP contribution in [0.15, 0.2) is 42.5 Å². The van der Waals surface area contributed by atoms with Crippen molar-refractivity contribution in [1.29, 1.82) is 0 Å². The molecule has 1 saturated heterocycles. The third kappa shape index (κ3) is 5.22. The fraction of sp³-hybridized carbons (Fsp3) is 0.391. The fourth-order valence-electron chi connectivity index (χ4n) is 3.70. The van der Waals surface area contributed by atoms with E-state index in [1.807, 2.05) is 31.2 Å². The summed E-state index contributed by atoms with van der Waals surface area (Å²) in [5.74, 6) is -0.273. The Balaban J connectivity index is 1.52. The Morgan fingerprint density at radius 3 is 2.87 bits per heavy atom. The summed E-state index contributed by atoms with van der Waals surface area (Å²) < 4.78 is 19.8. The molecule has 0 spiro atoms. The number of morpholine rings is 1. The van der Waals surface area contributed by atoms with Crippen LogP contribution in [0.2, 0.25) is 0 Å². The summed E-state index contributed by atoms with van der Waals surface area (Å²) in [4.78, 5) is 22.0. The molecular formula is C23H26FN3O2S. The van der Waals surface area contributed by atoms with Gasteiger partial charge in [-0.1, -0.05) is 41.2 Å². The van der Waals surface area contributed by atoms with Gasteiger partial charge in [0, 0.05) is 26.2 Å². The number of halogens is 1. The zero-order valence-electron chi connectivity index (χ0n) is 17.1. The molecule has 0 saturated carbocycles. The largest absolute Gasteiger partial charge is 0.379 e. The molecule has 0 unspecified atom stereocenters. The van der Waals surface area contributed by atoms with E-state index in [9.17, 15) is 9.18 Å². The number of fused-ring (bicyclic) bond motifs is 1. The first-order chi connectivity index (χ1) is 14.6. The summed E-state index contributed by atoms with van der Waals surface area (Å²) in [5.41, 5.74) is 2.85. The topological polar surface area (TPSA) is 45.7 Å². The fourth-order valence-corrected chi connectivity index (χ4v) is 4.73. The molecule has 4 rings (SSSR count). The molecule has 30 heavy (non-hydrogen) atoms. The monoisotopic (exact) mass is 427 g/mol. The summed E-state index contributed by atoms with van der Waals surface area (Å²) in [6.07, 6.45) is 1.17. The van der Waals surface area contributed by atoms with Gasteiger partial charge in [-0.05, 0) is 37.1 Å². The van der Waals surface area contributed by atoms with Crippen molar-refractivity contribution in [2.45, 2.75) is 19.8 Å². The van der Waals surface area contributed by atoms with Crippen LogP contribution in [0.3, 0.4) is 0 Å². The Hall–Kier alpha value is -2.35. The lowest BCUT2D eigenvalue weighted by Gasteiger charge is -2.27. The van der Waals surface area contributed by atoms with Crippen LogP contribution >= 0.6 is 11.3 Å². The van der Waals surface area contributed by atoms with Crippen molar-refractivity contribution in [3.63, 3.8) is 0 Å². The van der Waals surface area contributed by atoms with E-state index in [0.717, 1.165) is 60.6 Å². The Morgan fingerprint density at radius 2 is 2.07 bits per heavy atom. The lowest BCUT2D eigenvalue weighted by atomic mass is 10.1. The first-order valence-corrected chi connectivity index (χ1v) is 11.1. The molecule has 7 heteroatoms. The van der Waals surface area contributed by atoms with E-state index in [2.05, 4.69) is 9.88 Å². The SMILES string of the molecule is Cc1cccc(CC(=O)N(CCCN2CCOCC2)c2nc3ccc(F)cc3s2)c1. The highest BCUT2D eigenvalue weighted by molar-refractivity contribution is 7.22. The van der Waals surface area contributed by atoms with Gasteiger partial charge in [0.05, 0.1) is 29.9 Å². The Labute approximate surface area is 180 Å². The second kappa shape index (κ2) is 9.64. The number of aromatic nitrogens is 1. The van der Waals surface area contributed by atoms with Crippen LogP contribution in [0.1, 0.15) is 17.5 Å². The second-order valence-corrected chi connectivity index (χ2v) is 8.64. The number of ether oxygens (including phenoxy) is 1. The summed E-state index contributed by atoms with van der Waals surface area (Å²) in [7, 11) is 0. The number of hydrogen-bond acceptors (Lipinski definition) is 5. The van der Waals surface area contributed by atoms with Gasteiger partial charge in [0.2, 0.25) is 5.91 Å². The number of thiazole rings is 1. The third-order valence-corrected chi connectivity index (χ3v) is 6.31. The van der Waals surface area contributed by atoms with E-state index in [0.29, 0.717) is 18.1 Å². The van der Waals surface area contributed by atoms with Gasteiger partial charge >= 0.3 is 0 Å². The van der Waals surface area contributed by atoms with Crippen molar-refractivity contribution < 1.29 is 13.9 Å². The average molecular weight is 428 g/mol. The first-order valence-electron chi connectivity index (χ1n) is 10.3. The molecule has 1 aliphatic rings. The Kier molecular flexibility index (Phi) is 6.72. The van der Waals surface area contributed by atoms with Crippen LogP contribution in [0.5, 0.6) is 0 Å². The van der Waals surface area contributed by atoms with E-state index in [1.54, 1.807) is 11.0 Å². The van der Waals surface area contributed by atoms with Crippen LogP contribution in [0, 0.1) is 12.7 Å². The molecule has 158 valence electrons. The molecule has 0 N–H and O–H groups in total. The summed E-state index contributed by atoms with van der Waals surface area (Å²) >= 11 is 1.37. The molecule has 1 aromatic heterocycles. The number of carbonyl (C=O) groups is 1. The smallest absolute Gasteiger partial charge is 0.233 e. The van der Waals surface area contributed by atoms with E-state index in [-0.39, 0.29) is 11.7 Å². The first kappa shape index (κ1) is 20.9. The van der Waals surface area contributed by atoms with Crippen molar-refractivity contribution in [1.82, 2.24) is 9.88 Å². The highest BCUT2D eigenvalue weighted by Crippen LogP contribution is 2.30. The van der Waals surface area contributed by atoms with Crippen LogP contribution in [-0.4, -0.2) is 55.2 Å². The lowest BCUT2D eigenvalue weighted by molar-refractivity contribution is -0.118. The standard InChI is InChI=1S/C23H26FN3O2S/c1-17-4-2-5-18(14-17)15-22(28)27(9-3-8-26-10-12-29-13-11-26)23-25-20-7-6-19(24)16-21(20)30-23/h2,4-7,14,16H,3,8-13,15H2,1H3. The number of hydrogen-bond donors (Lipinski definition) is 0. The van der Waals surface area contributed by atoms with Gasteiger partial charge < -0.3 is 4.74 Å². The average Bonchev–Trinajstić information content (AvgIpc) is 3.14. The zero-order valence-corrected chi connectivity index (χ0v) is 18.0. The number of aryl methyl sites for hydroxylation is 1. The van der Waals surface area contributed by atoms with Gasteiger partial charge in [-0.25, -0.2) is 9.37 Å². The molecular weight excluding hydrogens is 401 g/mol. The van der Waals surface area contributed by atoms with Gasteiger partial charge in [0.15, 0.2) is 5.13 Å². The highest BCUT2D eigenvalue weighted by Gasteiger charge is 2.21. The lowest BCUT2D eigenvalue weighted by Crippen LogP contribution is -2.39. The van der Waals surface area contributed by atoms with Gasteiger partial charge in [0.25, 0.3) is 0 Å². The van der Waals surface area contributed by atoms with Crippen LogP contribution in [0.4, 0.5) is 9.52 Å². The van der Waals surface area contributed by atoms with Crippen molar-refractivity contribution in [3.8, 4) is 0 Å². The second-order valence-electron chi connectivity index (χ2n) is 7.63. The number of carbonyl (C=O) groups excluding carboxylic acids is 1. The molecule has 1 aliphatic heterocycles. The van der Waals surface area contributed by atoms with Crippen molar-refractivity contribution in [2.24, 2.45) is 0 Å². The molecule has 0 atom stereocenters.